The first-order valence-electron chi connectivity index (χ1n) is 7.87. The fraction of sp³-hybridized carbons (Fsp3) is 0.412. The summed E-state index contributed by atoms with van der Waals surface area (Å²) in [7, 11) is 5.18. The van der Waals surface area contributed by atoms with Crippen molar-refractivity contribution in [3.8, 4) is 11.5 Å². The molecule has 2 aromatic rings. The van der Waals surface area contributed by atoms with Gasteiger partial charge in [-0.1, -0.05) is 6.07 Å². The summed E-state index contributed by atoms with van der Waals surface area (Å²) >= 11 is 0. The summed E-state index contributed by atoms with van der Waals surface area (Å²) in [4.78, 5) is 4.61. The van der Waals surface area contributed by atoms with Crippen molar-refractivity contribution in [3.63, 3.8) is 0 Å². The molecule has 2 rings (SSSR count). The zero-order valence-corrected chi connectivity index (χ0v) is 17.4. The van der Waals surface area contributed by atoms with Crippen molar-refractivity contribution in [3.05, 3.63) is 41.7 Å². The zero-order chi connectivity index (χ0) is 17.4. The fourth-order valence-corrected chi connectivity index (χ4v) is 2.24. The van der Waals surface area contributed by atoms with Crippen LogP contribution in [0, 0.1) is 0 Å². The Labute approximate surface area is 165 Å². The molecule has 0 unspecified atom stereocenters. The number of nitrogens with one attached hydrogen (secondary N) is 2. The fourth-order valence-electron chi connectivity index (χ4n) is 2.24. The van der Waals surface area contributed by atoms with Gasteiger partial charge in [-0.3, -0.25) is 4.68 Å². The highest BCUT2D eigenvalue weighted by Gasteiger charge is 2.05. The van der Waals surface area contributed by atoms with Crippen molar-refractivity contribution < 1.29 is 9.47 Å². The molecule has 1 aromatic heterocycles. The molecule has 2 N–H and O–H groups in total. The summed E-state index contributed by atoms with van der Waals surface area (Å²) < 4.78 is 12.4. The molecule has 25 heavy (non-hydrogen) atoms. The minimum Gasteiger partial charge on any atom is -0.493 e. The molecule has 0 saturated carbocycles. The van der Waals surface area contributed by atoms with Gasteiger partial charge in [-0.15, -0.1) is 24.0 Å². The minimum atomic E-state index is 0. The molecule has 0 radical (unpaired) electrons. The Hall–Kier alpha value is -1.97. The SMILES string of the molecule is CCNC(=NCc1ccc(OC)c(OC)c1)NCc1ccnn1C.I. The molecule has 8 heteroatoms. The summed E-state index contributed by atoms with van der Waals surface area (Å²) in [5, 5.41) is 10.7. The third-order valence-corrected chi connectivity index (χ3v) is 3.57. The van der Waals surface area contributed by atoms with Crippen LogP contribution in [0.3, 0.4) is 0 Å². The number of ether oxygens (including phenoxy) is 2. The highest BCUT2D eigenvalue weighted by atomic mass is 127. The maximum atomic E-state index is 5.33. The number of benzene rings is 1. The minimum absolute atomic E-state index is 0. The van der Waals surface area contributed by atoms with Crippen LogP contribution in [0.1, 0.15) is 18.2 Å². The van der Waals surface area contributed by atoms with Crippen LogP contribution in [0.2, 0.25) is 0 Å². The van der Waals surface area contributed by atoms with Crippen molar-refractivity contribution >= 4 is 29.9 Å². The van der Waals surface area contributed by atoms with E-state index in [-0.39, 0.29) is 24.0 Å². The summed E-state index contributed by atoms with van der Waals surface area (Å²) in [5.74, 6) is 2.18. The van der Waals surface area contributed by atoms with Gasteiger partial charge in [-0.05, 0) is 30.7 Å². The Bertz CT molecular complexity index is 687. The normalized spacial score (nSPS) is 10.8. The lowest BCUT2D eigenvalue weighted by Gasteiger charge is -2.12. The molecule has 1 heterocycles. The first-order valence-corrected chi connectivity index (χ1v) is 7.87. The van der Waals surface area contributed by atoms with E-state index in [0.29, 0.717) is 24.6 Å². The van der Waals surface area contributed by atoms with Gasteiger partial charge in [0.05, 0.1) is 33.0 Å². The largest absolute Gasteiger partial charge is 0.493 e. The lowest BCUT2D eigenvalue weighted by atomic mass is 10.2. The number of aryl methyl sites for hydroxylation is 1. The van der Waals surface area contributed by atoms with Crippen LogP contribution in [0.4, 0.5) is 0 Å². The second-order valence-corrected chi connectivity index (χ2v) is 5.18. The lowest BCUT2D eigenvalue weighted by molar-refractivity contribution is 0.354. The summed E-state index contributed by atoms with van der Waals surface area (Å²) in [6.07, 6.45) is 1.78. The van der Waals surface area contributed by atoms with E-state index in [1.54, 1.807) is 20.4 Å². The van der Waals surface area contributed by atoms with Gasteiger partial charge in [0.25, 0.3) is 0 Å². The lowest BCUT2D eigenvalue weighted by Crippen LogP contribution is -2.37. The van der Waals surface area contributed by atoms with E-state index < -0.39 is 0 Å². The molecule has 0 spiro atoms. The Morgan fingerprint density at radius 3 is 2.52 bits per heavy atom. The standard InChI is InChI=1S/C17H25N5O2.HI/c1-5-18-17(20-12-14-8-9-21-22(14)2)19-11-13-6-7-15(23-3)16(10-13)24-4;/h6-10H,5,11-12H2,1-4H3,(H2,18,19,20);1H. The van der Waals surface area contributed by atoms with E-state index in [0.717, 1.165) is 23.8 Å². The molecule has 0 amide bonds. The number of guanidine groups is 1. The van der Waals surface area contributed by atoms with Crippen molar-refractivity contribution in [2.75, 3.05) is 20.8 Å². The quantitative estimate of drug-likeness (QED) is 0.378. The molecule has 0 aliphatic heterocycles. The van der Waals surface area contributed by atoms with Crippen LogP contribution in [0.25, 0.3) is 0 Å². The van der Waals surface area contributed by atoms with Gasteiger partial charge in [0.15, 0.2) is 17.5 Å². The van der Waals surface area contributed by atoms with Crippen LogP contribution in [-0.4, -0.2) is 36.5 Å². The Morgan fingerprint density at radius 2 is 1.92 bits per heavy atom. The molecule has 0 aliphatic carbocycles. The van der Waals surface area contributed by atoms with Crippen LogP contribution >= 0.6 is 24.0 Å². The Morgan fingerprint density at radius 1 is 1.16 bits per heavy atom. The monoisotopic (exact) mass is 459 g/mol. The number of aliphatic imine (C=N–C) groups is 1. The number of nitrogens with zero attached hydrogens (tertiary/aromatic N) is 3. The smallest absolute Gasteiger partial charge is 0.191 e. The van der Waals surface area contributed by atoms with Gasteiger partial charge in [0.1, 0.15) is 0 Å². The molecule has 0 fully saturated rings. The summed E-state index contributed by atoms with van der Waals surface area (Å²) in [6.45, 7) is 4.04. The molecule has 7 nitrogen and oxygen atoms in total. The summed E-state index contributed by atoms with van der Waals surface area (Å²) in [6, 6.07) is 7.78. The topological polar surface area (TPSA) is 72.7 Å². The van der Waals surface area contributed by atoms with Gasteiger partial charge in [0, 0.05) is 19.8 Å². The van der Waals surface area contributed by atoms with Crippen LogP contribution in [0.15, 0.2) is 35.5 Å². The van der Waals surface area contributed by atoms with Crippen molar-refractivity contribution in [1.82, 2.24) is 20.4 Å². The van der Waals surface area contributed by atoms with E-state index in [1.807, 2.05) is 42.9 Å². The zero-order valence-electron chi connectivity index (χ0n) is 15.1. The molecule has 0 aliphatic rings. The van der Waals surface area contributed by atoms with Crippen molar-refractivity contribution in [2.45, 2.75) is 20.0 Å². The van der Waals surface area contributed by atoms with Crippen molar-refractivity contribution in [2.24, 2.45) is 12.0 Å². The average Bonchev–Trinajstić information content (AvgIpc) is 3.02. The second-order valence-electron chi connectivity index (χ2n) is 5.18. The van der Waals surface area contributed by atoms with E-state index in [9.17, 15) is 0 Å². The molecule has 1 aromatic carbocycles. The van der Waals surface area contributed by atoms with E-state index >= 15 is 0 Å². The first kappa shape index (κ1) is 21.1. The predicted molar refractivity (Wildman–Crippen MR) is 110 cm³/mol. The number of aromatic nitrogens is 2. The van der Waals surface area contributed by atoms with E-state index in [4.69, 9.17) is 9.47 Å². The molecular formula is C17H26IN5O2. The number of hydrogen-bond donors (Lipinski definition) is 2. The van der Waals surface area contributed by atoms with Crippen LogP contribution in [-0.2, 0) is 20.1 Å². The first-order chi connectivity index (χ1) is 11.7. The number of rotatable bonds is 7. The Kier molecular flexibility index (Phi) is 9.11. The number of methoxy groups -OCH3 is 2. The maximum absolute atomic E-state index is 5.33. The van der Waals surface area contributed by atoms with Gasteiger partial charge in [-0.2, -0.15) is 5.10 Å². The predicted octanol–water partition coefficient (Wildman–Crippen LogP) is 2.31. The molecule has 138 valence electrons. The number of hydrogen-bond acceptors (Lipinski definition) is 4. The van der Waals surface area contributed by atoms with E-state index in [1.165, 1.54) is 0 Å². The third-order valence-electron chi connectivity index (χ3n) is 3.57. The van der Waals surface area contributed by atoms with E-state index in [2.05, 4.69) is 20.7 Å². The molecule has 0 bridgehead atoms. The average molecular weight is 459 g/mol. The maximum Gasteiger partial charge on any atom is 0.191 e. The second kappa shape index (κ2) is 10.8. The van der Waals surface area contributed by atoms with Gasteiger partial charge in [-0.25, -0.2) is 4.99 Å². The summed E-state index contributed by atoms with van der Waals surface area (Å²) in [5.41, 5.74) is 2.14. The number of halogens is 1. The van der Waals surface area contributed by atoms with Crippen molar-refractivity contribution in [1.29, 1.82) is 0 Å². The highest BCUT2D eigenvalue weighted by Crippen LogP contribution is 2.27. The molecule has 0 atom stereocenters. The van der Waals surface area contributed by atoms with Gasteiger partial charge in [0.2, 0.25) is 0 Å². The van der Waals surface area contributed by atoms with Crippen LogP contribution < -0.4 is 20.1 Å². The molecule has 0 saturated heterocycles. The van der Waals surface area contributed by atoms with Crippen LogP contribution in [0.5, 0.6) is 11.5 Å². The molecular weight excluding hydrogens is 433 g/mol. The Balaban J connectivity index is 0.00000312. The third kappa shape index (κ3) is 6.11. The van der Waals surface area contributed by atoms with Gasteiger partial charge >= 0.3 is 0 Å². The highest BCUT2D eigenvalue weighted by molar-refractivity contribution is 14.0. The van der Waals surface area contributed by atoms with Gasteiger partial charge < -0.3 is 20.1 Å².